The molecule has 6 heteroatoms. The van der Waals surface area contributed by atoms with Crippen molar-refractivity contribution >= 4 is 40.6 Å². The van der Waals surface area contributed by atoms with Crippen LogP contribution < -0.4 is 4.90 Å². The number of ether oxygens (including phenoxy) is 1. The zero-order valence-electron chi connectivity index (χ0n) is 17.0. The minimum atomic E-state index is -0.614. The molecule has 1 heterocycles. The van der Waals surface area contributed by atoms with E-state index >= 15 is 0 Å². The van der Waals surface area contributed by atoms with Crippen LogP contribution in [0.15, 0.2) is 66.3 Å². The number of anilines is 1. The summed E-state index contributed by atoms with van der Waals surface area (Å²) in [6.07, 6.45) is 4.12. The second-order valence-corrected chi connectivity index (χ2v) is 8.51. The highest BCUT2D eigenvalue weighted by molar-refractivity contribution is 6.34. The predicted octanol–water partition coefficient (Wildman–Crippen LogP) is 4.52. The van der Waals surface area contributed by atoms with Gasteiger partial charge in [0.15, 0.2) is 0 Å². The third kappa shape index (κ3) is 2.80. The first kappa shape index (κ1) is 19.8. The van der Waals surface area contributed by atoms with E-state index in [9.17, 15) is 14.4 Å². The van der Waals surface area contributed by atoms with E-state index in [1.807, 2.05) is 30.3 Å². The zero-order chi connectivity index (χ0) is 21.9. The lowest BCUT2D eigenvalue weighted by molar-refractivity contribution is -0.122. The number of carbonyl (C=O) groups is 3. The minimum absolute atomic E-state index is 0.0935. The summed E-state index contributed by atoms with van der Waals surface area (Å²) < 4.78 is 4.76. The third-order valence-corrected chi connectivity index (χ3v) is 7.00. The number of hydrogen-bond acceptors (Lipinski definition) is 4. The molecular weight excluding hydrogens is 414 g/mol. The van der Waals surface area contributed by atoms with Crippen LogP contribution in [0, 0.1) is 23.7 Å². The van der Waals surface area contributed by atoms with Gasteiger partial charge >= 0.3 is 5.97 Å². The summed E-state index contributed by atoms with van der Waals surface area (Å²) in [6, 6.07) is 14.6. The number of hydrogen-bond donors (Lipinski definition) is 0. The summed E-state index contributed by atoms with van der Waals surface area (Å²) in [5, 5.41) is 0.209. The van der Waals surface area contributed by atoms with Crippen molar-refractivity contribution in [2.75, 3.05) is 12.0 Å². The van der Waals surface area contributed by atoms with E-state index in [1.165, 1.54) is 24.1 Å². The van der Waals surface area contributed by atoms with Gasteiger partial charge in [0, 0.05) is 11.8 Å². The van der Waals surface area contributed by atoms with Crippen molar-refractivity contribution in [3.63, 3.8) is 0 Å². The second kappa shape index (κ2) is 7.20. The number of halogens is 1. The summed E-state index contributed by atoms with van der Waals surface area (Å²) in [5.74, 6) is -2.11. The molecule has 2 aromatic rings. The number of benzene rings is 2. The fourth-order valence-electron chi connectivity index (χ4n) is 5.29. The van der Waals surface area contributed by atoms with Crippen LogP contribution in [0.2, 0.25) is 5.02 Å². The Labute approximate surface area is 184 Å². The van der Waals surface area contributed by atoms with E-state index in [4.69, 9.17) is 16.3 Å². The van der Waals surface area contributed by atoms with E-state index in [0.717, 1.165) is 16.7 Å². The Morgan fingerprint density at radius 1 is 0.968 bits per heavy atom. The standard InChI is InChI=1S/C25H20ClNO4/c1-13(14-6-4-3-5-7-14)20-16-9-10-17(20)22-21(16)23(28)27(24(22)29)15-8-11-19(26)18(12-15)25(30)31-2/h3-12,16-17,21-22H,1-2H3/t16-,17-,21-,22-/m0/s1. The number of methoxy groups -OCH3 is 1. The molecule has 31 heavy (non-hydrogen) atoms. The molecular formula is C25H20ClNO4. The van der Waals surface area contributed by atoms with Crippen molar-refractivity contribution in [1.82, 2.24) is 0 Å². The Kier molecular flexibility index (Phi) is 4.59. The highest BCUT2D eigenvalue weighted by Gasteiger charge is 2.62. The fraction of sp³-hybridized carbons (Fsp3) is 0.240. The van der Waals surface area contributed by atoms with Gasteiger partial charge < -0.3 is 4.74 Å². The van der Waals surface area contributed by atoms with E-state index in [0.29, 0.717) is 5.69 Å². The first-order valence-electron chi connectivity index (χ1n) is 10.1. The van der Waals surface area contributed by atoms with E-state index < -0.39 is 17.8 Å². The molecule has 5 rings (SSSR count). The van der Waals surface area contributed by atoms with Crippen molar-refractivity contribution in [3.05, 3.63) is 82.4 Å². The molecule has 2 aliphatic carbocycles. The summed E-state index contributed by atoms with van der Waals surface area (Å²) in [6.45, 7) is 2.06. The molecule has 0 aromatic heterocycles. The summed E-state index contributed by atoms with van der Waals surface area (Å²) in [4.78, 5) is 40.1. The van der Waals surface area contributed by atoms with Gasteiger partial charge in [-0.25, -0.2) is 9.69 Å². The van der Waals surface area contributed by atoms with Crippen molar-refractivity contribution in [1.29, 1.82) is 0 Å². The summed E-state index contributed by atoms with van der Waals surface area (Å²) in [7, 11) is 1.26. The topological polar surface area (TPSA) is 63.7 Å². The fourth-order valence-corrected chi connectivity index (χ4v) is 5.49. The lowest BCUT2D eigenvalue weighted by atomic mass is 9.85. The molecule has 0 N–H and O–H groups in total. The maximum absolute atomic E-state index is 13.4. The number of amides is 2. The molecule has 3 aliphatic rings. The highest BCUT2D eigenvalue weighted by atomic mass is 35.5. The van der Waals surface area contributed by atoms with Crippen molar-refractivity contribution in [3.8, 4) is 0 Å². The van der Waals surface area contributed by atoms with Crippen LogP contribution in [0.3, 0.4) is 0 Å². The SMILES string of the molecule is COC(=O)c1cc(N2C(=O)[C@@H]3[C@@H](C2=O)[C@H]2C=C[C@H]3C2=C(C)c2ccccc2)ccc1Cl. The van der Waals surface area contributed by atoms with Crippen molar-refractivity contribution in [2.24, 2.45) is 23.7 Å². The molecule has 2 fully saturated rings. The van der Waals surface area contributed by atoms with Crippen LogP contribution >= 0.6 is 11.6 Å². The number of esters is 1. The Balaban J connectivity index is 1.53. The molecule has 2 aromatic carbocycles. The van der Waals surface area contributed by atoms with E-state index in [-0.39, 0.29) is 34.2 Å². The first-order valence-corrected chi connectivity index (χ1v) is 10.5. The lowest BCUT2D eigenvalue weighted by Crippen LogP contribution is -2.33. The van der Waals surface area contributed by atoms with Gasteiger partial charge in [-0.05, 0) is 36.3 Å². The molecule has 2 amide bonds. The molecule has 0 unspecified atom stereocenters. The Morgan fingerprint density at radius 3 is 2.16 bits per heavy atom. The van der Waals surface area contributed by atoms with Gasteiger partial charge in [-0.1, -0.05) is 59.7 Å². The molecule has 5 nitrogen and oxygen atoms in total. The quantitative estimate of drug-likeness (QED) is 0.405. The molecule has 1 saturated heterocycles. The third-order valence-electron chi connectivity index (χ3n) is 6.67. The number of fused-ring (bicyclic) bond motifs is 5. The average Bonchev–Trinajstić information content (AvgIpc) is 3.43. The van der Waals surface area contributed by atoms with Crippen LogP contribution in [0.1, 0.15) is 22.8 Å². The Morgan fingerprint density at radius 2 is 1.58 bits per heavy atom. The zero-order valence-corrected chi connectivity index (χ0v) is 17.8. The Hall–Kier alpha value is -3.18. The normalized spacial score (nSPS) is 25.9. The summed E-state index contributed by atoms with van der Waals surface area (Å²) >= 11 is 6.11. The second-order valence-electron chi connectivity index (χ2n) is 8.10. The minimum Gasteiger partial charge on any atom is -0.465 e. The largest absolute Gasteiger partial charge is 0.465 e. The van der Waals surface area contributed by atoms with Crippen LogP contribution in [0.5, 0.6) is 0 Å². The van der Waals surface area contributed by atoms with Gasteiger partial charge in [0.05, 0.1) is 35.2 Å². The maximum atomic E-state index is 13.4. The average molecular weight is 434 g/mol. The molecule has 2 bridgehead atoms. The van der Waals surface area contributed by atoms with Crippen LogP contribution in [-0.2, 0) is 14.3 Å². The number of carbonyl (C=O) groups excluding carboxylic acids is 3. The molecule has 0 spiro atoms. The van der Waals surface area contributed by atoms with E-state index in [2.05, 4.69) is 19.1 Å². The highest BCUT2D eigenvalue weighted by Crippen LogP contribution is 2.58. The Bertz CT molecular complexity index is 1150. The number of allylic oxidation sites excluding steroid dienone is 4. The lowest BCUT2D eigenvalue weighted by Gasteiger charge is -2.20. The molecule has 0 radical (unpaired) electrons. The van der Waals surface area contributed by atoms with Gasteiger partial charge in [0.2, 0.25) is 11.8 Å². The maximum Gasteiger partial charge on any atom is 0.339 e. The van der Waals surface area contributed by atoms with Crippen LogP contribution in [0.25, 0.3) is 5.57 Å². The molecule has 4 atom stereocenters. The predicted molar refractivity (Wildman–Crippen MR) is 117 cm³/mol. The van der Waals surface area contributed by atoms with E-state index in [1.54, 1.807) is 6.07 Å². The smallest absolute Gasteiger partial charge is 0.339 e. The van der Waals surface area contributed by atoms with Gasteiger partial charge in [0.1, 0.15) is 0 Å². The van der Waals surface area contributed by atoms with Gasteiger partial charge in [-0.3, -0.25) is 9.59 Å². The molecule has 1 saturated carbocycles. The van der Waals surface area contributed by atoms with Crippen molar-refractivity contribution < 1.29 is 19.1 Å². The van der Waals surface area contributed by atoms with Crippen LogP contribution in [-0.4, -0.2) is 24.9 Å². The first-order chi connectivity index (χ1) is 14.9. The van der Waals surface area contributed by atoms with Crippen LogP contribution in [0.4, 0.5) is 5.69 Å². The van der Waals surface area contributed by atoms with Gasteiger partial charge in [-0.2, -0.15) is 0 Å². The van der Waals surface area contributed by atoms with Crippen molar-refractivity contribution in [2.45, 2.75) is 6.92 Å². The monoisotopic (exact) mass is 433 g/mol. The number of nitrogens with zero attached hydrogens (tertiary/aromatic N) is 1. The summed E-state index contributed by atoms with van der Waals surface area (Å²) in [5.41, 5.74) is 3.86. The van der Waals surface area contributed by atoms with Gasteiger partial charge in [-0.15, -0.1) is 0 Å². The molecule has 1 aliphatic heterocycles. The van der Waals surface area contributed by atoms with Gasteiger partial charge in [0.25, 0.3) is 0 Å². The molecule has 156 valence electrons. The number of imide groups is 1. The number of rotatable bonds is 3.